The SMILES string of the molecule is C=C(C)C(=O)O.C=C(C)C(=O)O.C=C(C)C(=O)O.C=C(C)C(=O)O.[Os]. The average Bonchev–Trinajstić information content (AvgIpc) is 2.40. The monoisotopic (exact) mass is 536 g/mol. The van der Waals surface area contributed by atoms with E-state index < -0.39 is 23.9 Å². The Balaban J connectivity index is -0.0000000702. The van der Waals surface area contributed by atoms with Crippen molar-refractivity contribution >= 4 is 23.9 Å². The van der Waals surface area contributed by atoms with E-state index in [4.69, 9.17) is 20.4 Å². The van der Waals surface area contributed by atoms with Gasteiger partial charge in [0.25, 0.3) is 0 Å². The third kappa shape index (κ3) is 44.9. The first-order valence-corrected chi connectivity index (χ1v) is 6.13. The van der Waals surface area contributed by atoms with Crippen molar-refractivity contribution in [2.75, 3.05) is 0 Å². The molecule has 0 bridgehead atoms. The molecule has 0 aromatic carbocycles. The third-order valence-electron chi connectivity index (χ3n) is 1.46. The second kappa shape index (κ2) is 19.5. The predicted molar refractivity (Wildman–Crippen MR) is 89.8 cm³/mol. The van der Waals surface area contributed by atoms with Crippen molar-refractivity contribution in [2.24, 2.45) is 0 Å². The largest absolute Gasteiger partial charge is 0.478 e. The van der Waals surface area contributed by atoms with Gasteiger partial charge in [0, 0.05) is 42.1 Å². The van der Waals surface area contributed by atoms with Gasteiger partial charge in [-0.15, -0.1) is 0 Å². The summed E-state index contributed by atoms with van der Waals surface area (Å²) in [5.74, 6) is -3.74. The number of rotatable bonds is 4. The maximum Gasteiger partial charge on any atom is 0.330 e. The Morgan fingerprint density at radius 1 is 0.480 bits per heavy atom. The Morgan fingerprint density at radius 2 is 0.520 bits per heavy atom. The number of carboxylic acids is 4. The molecule has 0 aliphatic rings. The van der Waals surface area contributed by atoms with Gasteiger partial charge in [0.05, 0.1) is 0 Å². The summed E-state index contributed by atoms with van der Waals surface area (Å²) in [6.07, 6.45) is 0. The van der Waals surface area contributed by atoms with Crippen molar-refractivity contribution in [1.82, 2.24) is 0 Å². The van der Waals surface area contributed by atoms with E-state index in [2.05, 4.69) is 26.3 Å². The first-order chi connectivity index (χ1) is 10.6. The summed E-state index contributed by atoms with van der Waals surface area (Å²) in [6, 6.07) is 0. The first-order valence-electron chi connectivity index (χ1n) is 6.13. The van der Waals surface area contributed by atoms with Gasteiger partial charge >= 0.3 is 23.9 Å². The summed E-state index contributed by atoms with van der Waals surface area (Å²) >= 11 is 0. The molecule has 4 N–H and O–H groups in total. The fourth-order valence-electron chi connectivity index (χ4n) is 0. The van der Waals surface area contributed by atoms with Gasteiger partial charge in [-0.25, -0.2) is 19.2 Å². The Hall–Kier alpha value is -2.52. The van der Waals surface area contributed by atoms with Crippen molar-refractivity contribution in [2.45, 2.75) is 27.7 Å². The summed E-state index contributed by atoms with van der Waals surface area (Å²) in [6.45, 7) is 18.4. The zero-order valence-electron chi connectivity index (χ0n) is 14.6. The molecular weight excluding hydrogens is 510 g/mol. The summed E-state index contributed by atoms with van der Waals surface area (Å²) in [7, 11) is 0. The summed E-state index contributed by atoms with van der Waals surface area (Å²) in [5, 5.41) is 31.6. The average molecular weight is 535 g/mol. The van der Waals surface area contributed by atoms with E-state index in [1.807, 2.05) is 0 Å². The molecule has 0 saturated carbocycles. The van der Waals surface area contributed by atoms with Crippen LogP contribution in [-0.4, -0.2) is 44.3 Å². The predicted octanol–water partition coefficient (Wildman–Crippen LogP) is 2.59. The van der Waals surface area contributed by atoms with Gasteiger partial charge in [-0.2, -0.15) is 0 Å². The number of hydrogen-bond donors (Lipinski definition) is 4. The molecule has 0 aromatic heterocycles. The van der Waals surface area contributed by atoms with Crippen molar-refractivity contribution in [3.05, 3.63) is 48.6 Å². The van der Waals surface area contributed by atoms with E-state index >= 15 is 0 Å². The molecule has 0 aromatic rings. The fraction of sp³-hybridized carbons (Fsp3) is 0.250. The van der Waals surface area contributed by atoms with Crippen LogP contribution in [0.1, 0.15) is 27.7 Å². The number of aliphatic carboxylic acids is 4. The second-order valence-electron chi connectivity index (χ2n) is 4.34. The van der Waals surface area contributed by atoms with Gasteiger partial charge in [-0.3, -0.25) is 0 Å². The normalized spacial score (nSPS) is 7.20. The Bertz CT molecular complexity index is 388. The fourth-order valence-corrected chi connectivity index (χ4v) is 0. The minimum Gasteiger partial charge on any atom is -0.478 e. The van der Waals surface area contributed by atoms with Crippen molar-refractivity contribution in [3.8, 4) is 0 Å². The van der Waals surface area contributed by atoms with Gasteiger partial charge in [0.15, 0.2) is 0 Å². The van der Waals surface area contributed by atoms with Gasteiger partial charge in [-0.1, -0.05) is 26.3 Å². The van der Waals surface area contributed by atoms with Crippen LogP contribution >= 0.6 is 0 Å². The molecule has 0 atom stereocenters. The zero-order chi connectivity index (χ0) is 20.6. The quantitative estimate of drug-likeness (QED) is 0.402. The molecule has 0 aliphatic carbocycles. The molecule has 144 valence electrons. The number of hydrogen-bond acceptors (Lipinski definition) is 4. The molecule has 0 radical (unpaired) electrons. The molecule has 0 fully saturated rings. The molecule has 0 saturated heterocycles. The van der Waals surface area contributed by atoms with Gasteiger partial charge < -0.3 is 20.4 Å². The summed E-state index contributed by atoms with van der Waals surface area (Å²) < 4.78 is 0. The molecule has 0 heterocycles. The van der Waals surface area contributed by atoms with Crippen LogP contribution in [0.5, 0.6) is 0 Å². The van der Waals surface area contributed by atoms with Crippen LogP contribution in [-0.2, 0) is 39.0 Å². The van der Waals surface area contributed by atoms with Crippen LogP contribution in [0.25, 0.3) is 0 Å². The molecule has 0 unspecified atom stereocenters. The molecule has 0 spiro atoms. The zero-order valence-corrected chi connectivity index (χ0v) is 17.1. The van der Waals surface area contributed by atoms with Crippen molar-refractivity contribution in [3.63, 3.8) is 0 Å². The number of carboxylic acid groups (broad SMARTS) is 4. The standard InChI is InChI=1S/4C4H6O2.Os/c4*1-3(2)4(5)6;/h4*1H2,2H3,(H,5,6);. The van der Waals surface area contributed by atoms with Crippen LogP contribution in [0.3, 0.4) is 0 Å². The molecule has 25 heavy (non-hydrogen) atoms. The van der Waals surface area contributed by atoms with Crippen LogP contribution < -0.4 is 0 Å². The molecule has 0 amide bonds. The topological polar surface area (TPSA) is 149 Å². The third-order valence-corrected chi connectivity index (χ3v) is 1.46. The number of carbonyl (C=O) groups is 4. The minimum absolute atomic E-state index is 0. The summed E-state index contributed by atoms with van der Waals surface area (Å²) in [4.78, 5) is 38.4. The Morgan fingerprint density at radius 3 is 0.520 bits per heavy atom. The summed E-state index contributed by atoms with van der Waals surface area (Å²) in [5.41, 5.74) is 0.704. The molecule has 9 heteroatoms. The van der Waals surface area contributed by atoms with Crippen molar-refractivity contribution in [1.29, 1.82) is 0 Å². The maximum atomic E-state index is 9.60. The Kier molecular flexibility index (Phi) is 26.5. The minimum atomic E-state index is -0.935. The van der Waals surface area contributed by atoms with E-state index in [1.165, 1.54) is 27.7 Å². The van der Waals surface area contributed by atoms with E-state index in [1.54, 1.807) is 0 Å². The van der Waals surface area contributed by atoms with Gasteiger partial charge in [0.1, 0.15) is 0 Å². The van der Waals surface area contributed by atoms with Crippen molar-refractivity contribution < 1.29 is 59.4 Å². The first kappa shape index (κ1) is 33.9. The van der Waals surface area contributed by atoms with E-state index in [9.17, 15) is 19.2 Å². The van der Waals surface area contributed by atoms with E-state index in [0.29, 0.717) is 0 Å². The molecule has 0 aliphatic heterocycles. The molecule has 0 rings (SSSR count). The van der Waals surface area contributed by atoms with Crippen LogP contribution in [0, 0.1) is 0 Å². The van der Waals surface area contributed by atoms with Crippen LogP contribution in [0.4, 0.5) is 0 Å². The maximum absolute atomic E-state index is 9.60. The van der Waals surface area contributed by atoms with E-state index in [0.717, 1.165) is 0 Å². The molecule has 8 nitrogen and oxygen atoms in total. The smallest absolute Gasteiger partial charge is 0.330 e. The van der Waals surface area contributed by atoms with Crippen LogP contribution in [0.15, 0.2) is 48.6 Å². The molecular formula is C16H24O8Os. The Labute approximate surface area is 159 Å². The second-order valence-corrected chi connectivity index (χ2v) is 4.34. The van der Waals surface area contributed by atoms with Gasteiger partial charge in [-0.05, 0) is 27.7 Å². The van der Waals surface area contributed by atoms with Gasteiger partial charge in [0.2, 0.25) is 0 Å². The van der Waals surface area contributed by atoms with E-state index in [-0.39, 0.29) is 42.1 Å². The van der Waals surface area contributed by atoms with Crippen LogP contribution in [0.2, 0.25) is 0 Å².